The van der Waals surface area contributed by atoms with E-state index < -0.39 is 11.9 Å². The molecule has 0 amide bonds. The number of hydrogen-bond donors (Lipinski definition) is 0. The number of esters is 1. The van der Waals surface area contributed by atoms with E-state index in [1.165, 1.54) is 27.4 Å². The molecule has 3 aromatic rings. The van der Waals surface area contributed by atoms with E-state index in [1.807, 2.05) is 6.07 Å². The normalized spacial score (nSPS) is 11.6. The Morgan fingerprint density at radius 3 is 2.31 bits per heavy atom. The predicted octanol–water partition coefficient (Wildman–Crippen LogP) is 3.01. The summed E-state index contributed by atoms with van der Waals surface area (Å²) in [6.07, 6.45) is 4.46. The zero-order valence-electron chi connectivity index (χ0n) is 17.7. The smallest absolute Gasteiger partial charge is 0.341 e. The number of methoxy groups -OCH3 is 2. The molecule has 0 aliphatic heterocycles. The standard InChI is InChI=1S/C23H20N4O5/c1-15(28)32-27-21(22-25-13-11-20(26-22)19-10-6-7-12-24-19)17-9-5-4-8-16(17)18(14-30-2)23(29)31-3/h4-14H,1-3H3. The number of rotatable bonds is 7. The Labute approximate surface area is 184 Å². The van der Waals surface area contributed by atoms with E-state index in [9.17, 15) is 9.59 Å². The van der Waals surface area contributed by atoms with Crippen molar-refractivity contribution in [1.82, 2.24) is 15.0 Å². The summed E-state index contributed by atoms with van der Waals surface area (Å²) in [6.45, 7) is 1.23. The second-order valence-corrected chi connectivity index (χ2v) is 6.31. The Hall–Kier alpha value is -4.40. The summed E-state index contributed by atoms with van der Waals surface area (Å²) in [6, 6.07) is 14.0. The molecule has 0 aliphatic carbocycles. The Kier molecular flexibility index (Phi) is 7.37. The molecule has 0 saturated carbocycles. The third-order valence-corrected chi connectivity index (χ3v) is 4.17. The Bertz CT molecular complexity index is 1180. The lowest BCUT2D eigenvalue weighted by atomic mass is 9.96. The highest BCUT2D eigenvalue weighted by Crippen LogP contribution is 2.24. The maximum atomic E-state index is 12.4. The minimum Gasteiger partial charge on any atom is -0.503 e. The summed E-state index contributed by atoms with van der Waals surface area (Å²) >= 11 is 0. The predicted molar refractivity (Wildman–Crippen MR) is 116 cm³/mol. The zero-order valence-corrected chi connectivity index (χ0v) is 17.7. The fourth-order valence-corrected chi connectivity index (χ4v) is 2.82. The zero-order chi connectivity index (χ0) is 22.9. The van der Waals surface area contributed by atoms with Crippen molar-refractivity contribution in [2.75, 3.05) is 14.2 Å². The second-order valence-electron chi connectivity index (χ2n) is 6.31. The molecule has 2 heterocycles. The van der Waals surface area contributed by atoms with Gasteiger partial charge in [0.25, 0.3) is 0 Å². The first-order valence-corrected chi connectivity index (χ1v) is 9.46. The molecule has 0 unspecified atom stereocenters. The molecule has 0 saturated heterocycles. The molecule has 3 rings (SSSR count). The lowest BCUT2D eigenvalue weighted by Crippen LogP contribution is -2.15. The van der Waals surface area contributed by atoms with Crippen LogP contribution in [0.5, 0.6) is 0 Å². The van der Waals surface area contributed by atoms with Crippen LogP contribution in [0.3, 0.4) is 0 Å². The molecular weight excluding hydrogens is 412 g/mol. The number of carbonyl (C=O) groups excluding carboxylic acids is 2. The van der Waals surface area contributed by atoms with Crippen molar-refractivity contribution in [2.24, 2.45) is 5.16 Å². The first-order chi connectivity index (χ1) is 15.5. The fourth-order valence-electron chi connectivity index (χ4n) is 2.82. The van der Waals surface area contributed by atoms with Gasteiger partial charge in [-0.25, -0.2) is 19.6 Å². The van der Waals surface area contributed by atoms with Gasteiger partial charge in [-0.2, -0.15) is 0 Å². The molecule has 0 fully saturated rings. The first-order valence-electron chi connectivity index (χ1n) is 9.46. The van der Waals surface area contributed by atoms with Crippen molar-refractivity contribution in [1.29, 1.82) is 0 Å². The monoisotopic (exact) mass is 432 g/mol. The van der Waals surface area contributed by atoms with Crippen molar-refractivity contribution in [3.8, 4) is 11.4 Å². The summed E-state index contributed by atoms with van der Waals surface area (Å²) in [7, 11) is 2.68. The lowest BCUT2D eigenvalue weighted by molar-refractivity contribution is -0.141. The molecule has 0 bridgehead atoms. The van der Waals surface area contributed by atoms with Gasteiger partial charge >= 0.3 is 11.9 Å². The van der Waals surface area contributed by atoms with Crippen LogP contribution in [0.2, 0.25) is 0 Å². The highest BCUT2D eigenvalue weighted by Gasteiger charge is 2.23. The fraction of sp³-hybridized carbons (Fsp3) is 0.130. The largest absolute Gasteiger partial charge is 0.503 e. The molecule has 9 heteroatoms. The quantitative estimate of drug-likeness (QED) is 0.140. The molecule has 162 valence electrons. The molecule has 0 N–H and O–H groups in total. The minimum absolute atomic E-state index is 0.138. The van der Waals surface area contributed by atoms with Crippen LogP contribution in [0.25, 0.3) is 17.0 Å². The SMILES string of the molecule is COC=C(C(=O)OC)c1ccccc1C(=NOC(C)=O)c1nccc(-c2ccccn2)n1. The number of hydrogen-bond acceptors (Lipinski definition) is 9. The van der Waals surface area contributed by atoms with Gasteiger partial charge in [0.15, 0.2) is 11.5 Å². The number of oxime groups is 1. The van der Waals surface area contributed by atoms with E-state index >= 15 is 0 Å². The first kappa shape index (κ1) is 22.3. The van der Waals surface area contributed by atoms with Crippen molar-refractivity contribution in [3.05, 3.63) is 84.1 Å². The van der Waals surface area contributed by atoms with Gasteiger partial charge in [-0.1, -0.05) is 35.5 Å². The van der Waals surface area contributed by atoms with E-state index in [2.05, 4.69) is 20.1 Å². The molecule has 0 aliphatic rings. The van der Waals surface area contributed by atoms with E-state index in [4.69, 9.17) is 14.3 Å². The summed E-state index contributed by atoms with van der Waals surface area (Å²) in [5.74, 6) is -1.07. The number of aromatic nitrogens is 3. The van der Waals surface area contributed by atoms with Crippen LogP contribution in [0, 0.1) is 0 Å². The molecule has 1 aromatic carbocycles. The molecule has 0 spiro atoms. The molecule has 2 aromatic heterocycles. The Morgan fingerprint density at radius 1 is 0.906 bits per heavy atom. The van der Waals surface area contributed by atoms with Crippen LogP contribution in [-0.2, 0) is 23.9 Å². The molecular formula is C23H20N4O5. The van der Waals surface area contributed by atoms with Crippen LogP contribution in [-0.4, -0.2) is 46.8 Å². The maximum absolute atomic E-state index is 12.4. The maximum Gasteiger partial charge on any atom is 0.341 e. The van der Waals surface area contributed by atoms with Crippen molar-refractivity contribution >= 4 is 23.2 Å². The van der Waals surface area contributed by atoms with Gasteiger partial charge in [0.1, 0.15) is 5.57 Å². The molecule has 0 atom stereocenters. The average Bonchev–Trinajstić information content (AvgIpc) is 2.83. The van der Waals surface area contributed by atoms with Gasteiger partial charge in [0.05, 0.1) is 31.9 Å². The van der Waals surface area contributed by atoms with E-state index in [-0.39, 0.29) is 17.1 Å². The highest BCUT2D eigenvalue weighted by atomic mass is 16.7. The van der Waals surface area contributed by atoms with Crippen molar-refractivity contribution < 1.29 is 23.9 Å². The Balaban J connectivity index is 2.20. The highest BCUT2D eigenvalue weighted by molar-refractivity contribution is 6.22. The Morgan fingerprint density at radius 2 is 1.66 bits per heavy atom. The van der Waals surface area contributed by atoms with E-state index in [0.29, 0.717) is 22.5 Å². The number of pyridine rings is 1. The van der Waals surface area contributed by atoms with Crippen molar-refractivity contribution in [3.63, 3.8) is 0 Å². The van der Waals surface area contributed by atoms with Gasteiger partial charge in [-0.05, 0) is 18.2 Å². The number of nitrogens with zero attached hydrogens (tertiary/aromatic N) is 4. The average molecular weight is 432 g/mol. The van der Waals surface area contributed by atoms with Crippen LogP contribution in [0.15, 0.2) is 72.3 Å². The number of ether oxygens (including phenoxy) is 2. The topological polar surface area (TPSA) is 113 Å². The van der Waals surface area contributed by atoms with Crippen molar-refractivity contribution in [2.45, 2.75) is 6.92 Å². The number of carbonyl (C=O) groups is 2. The molecule has 9 nitrogen and oxygen atoms in total. The third-order valence-electron chi connectivity index (χ3n) is 4.17. The lowest BCUT2D eigenvalue weighted by Gasteiger charge is -2.13. The van der Waals surface area contributed by atoms with Gasteiger partial charge in [0.2, 0.25) is 0 Å². The summed E-state index contributed by atoms with van der Waals surface area (Å²) < 4.78 is 9.95. The van der Waals surface area contributed by atoms with Gasteiger partial charge < -0.3 is 14.3 Å². The minimum atomic E-state index is -0.624. The third kappa shape index (κ3) is 5.20. The van der Waals surface area contributed by atoms with Gasteiger partial charge in [-0.3, -0.25) is 4.98 Å². The molecule has 0 radical (unpaired) electrons. The van der Waals surface area contributed by atoms with E-state index in [0.717, 1.165) is 0 Å². The summed E-state index contributed by atoms with van der Waals surface area (Å²) in [5, 5.41) is 3.99. The van der Waals surface area contributed by atoms with Crippen LogP contribution in [0.1, 0.15) is 23.9 Å². The van der Waals surface area contributed by atoms with E-state index in [1.54, 1.807) is 54.9 Å². The van der Waals surface area contributed by atoms with Crippen LogP contribution in [0.4, 0.5) is 0 Å². The van der Waals surface area contributed by atoms with Crippen LogP contribution < -0.4 is 0 Å². The van der Waals surface area contributed by atoms with Crippen LogP contribution >= 0.6 is 0 Å². The van der Waals surface area contributed by atoms with Gasteiger partial charge in [-0.15, -0.1) is 0 Å². The number of benzene rings is 1. The second kappa shape index (κ2) is 10.6. The summed E-state index contributed by atoms with van der Waals surface area (Å²) in [5.41, 5.74) is 2.32. The molecule has 32 heavy (non-hydrogen) atoms. The summed E-state index contributed by atoms with van der Waals surface area (Å²) in [4.78, 5) is 41.9. The van der Waals surface area contributed by atoms with Gasteiger partial charge in [0, 0.05) is 30.4 Å².